The molecule has 0 spiro atoms. The Balaban J connectivity index is 2.06. The van der Waals surface area contributed by atoms with Crippen LogP contribution < -0.4 is 4.43 Å². The number of hydrogen-bond acceptors (Lipinski definition) is 3. The first-order chi connectivity index (χ1) is 12.2. The van der Waals surface area contributed by atoms with Gasteiger partial charge in [0, 0.05) is 10.9 Å². The Morgan fingerprint density at radius 1 is 1.00 bits per heavy atom. The van der Waals surface area contributed by atoms with Gasteiger partial charge in [0.15, 0.2) is 0 Å². The van der Waals surface area contributed by atoms with E-state index in [4.69, 9.17) is 9.41 Å². The first-order valence-electron chi connectivity index (χ1n) is 8.81. The topological polar surface area (TPSA) is 45.9 Å². The lowest BCUT2D eigenvalue weighted by Gasteiger charge is -2.36. The summed E-state index contributed by atoms with van der Waals surface area (Å²) >= 11 is 0. The molecule has 1 aromatic heterocycles. The van der Waals surface area contributed by atoms with E-state index < -0.39 is 8.32 Å². The molecule has 0 N–H and O–H groups in total. The monoisotopic (exact) mass is 360 g/mol. The van der Waals surface area contributed by atoms with Crippen LogP contribution in [0.1, 0.15) is 26.3 Å². The molecule has 0 unspecified atom stereocenters. The lowest BCUT2D eigenvalue weighted by atomic mass is 10.0. The molecule has 132 valence electrons. The number of para-hydroxylation sites is 1. The Bertz CT molecular complexity index is 997. The van der Waals surface area contributed by atoms with Crippen molar-refractivity contribution in [2.75, 3.05) is 0 Å². The highest BCUT2D eigenvalue weighted by atomic mass is 28.4. The van der Waals surface area contributed by atoms with E-state index in [1.165, 1.54) is 0 Å². The first kappa shape index (κ1) is 18.2. The third-order valence-electron chi connectivity index (χ3n) is 5.13. The van der Waals surface area contributed by atoms with Crippen molar-refractivity contribution in [2.45, 2.75) is 38.9 Å². The Labute approximate surface area is 156 Å². The number of benzene rings is 2. The maximum absolute atomic E-state index is 9.59. The smallest absolute Gasteiger partial charge is 0.250 e. The first-order valence-corrected chi connectivity index (χ1v) is 11.7. The Kier molecular flexibility index (Phi) is 4.60. The summed E-state index contributed by atoms with van der Waals surface area (Å²) in [6.45, 7) is 11.1. The van der Waals surface area contributed by atoms with Crippen molar-refractivity contribution in [3.05, 3.63) is 60.2 Å². The molecule has 0 aliphatic rings. The van der Waals surface area contributed by atoms with Crippen LogP contribution in [-0.4, -0.2) is 13.3 Å². The van der Waals surface area contributed by atoms with Gasteiger partial charge in [-0.25, -0.2) is 4.98 Å². The van der Waals surface area contributed by atoms with E-state index in [9.17, 15) is 5.26 Å². The fraction of sp³-hybridized carbons (Fsp3) is 0.273. The van der Waals surface area contributed by atoms with E-state index in [1.807, 2.05) is 54.6 Å². The molecule has 0 aliphatic heterocycles. The van der Waals surface area contributed by atoms with Gasteiger partial charge in [-0.15, -0.1) is 0 Å². The summed E-state index contributed by atoms with van der Waals surface area (Å²) in [6, 6.07) is 20.0. The van der Waals surface area contributed by atoms with Crippen LogP contribution in [0.5, 0.6) is 5.75 Å². The van der Waals surface area contributed by atoms with Crippen LogP contribution in [-0.2, 0) is 0 Å². The van der Waals surface area contributed by atoms with Gasteiger partial charge < -0.3 is 4.43 Å². The number of pyridine rings is 1. The summed E-state index contributed by atoms with van der Waals surface area (Å²) in [5.41, 5.74) is 3.07. The number of aromatic nitrogens is 1. The normalized spacial score (nSPS) is 12.0. The minimum atomic E-state index is -1.92. The number of fused-ring (bicyclic) bond motifs is 1. The fourth-order valence-corrected chi connectivity index (χ4v) is 3.60. The van der Waals surface area contributed by atoms with Crippen molar-refractivity contribution in [3.8, 4) is 23.1 Å². The molecule has 0 fully saturated rings. The van der Waals surface area contributed by atoms with E-state index in [2.05, 4.69) is 39.9 Å². The highest BCUT2D eigenvalue weighted by Crippen LogP contribution is 2.38. The van der Waals surface area contributed by atoms with E-state index in [0.29, 0.717) is 11.3 Å². The van der Waals surface area contributed by atoms with Gasteiger partial charge in [-0.3, -0.25) is 0 Å². The van der Waals surface area contributed by atoms with Crippen molar-refractivity contribution in [2.24, 2.45) is 0 Å². The van der Waals surface area contributed by atoms with Gasteiger partial charge >= 0.3 is 0 Å². The Hall–Kier alpha value is -2.64. The molecule has 2 aromatic carbocycles. The van der Waals surface area contributed by atoms with Gasteiger partial charge in [-0.1, -0.05) is 51.1 Å². The summed E-state index contributed by atoms with van der Waals surface area (Å²) in [5.74, 6) is 0.841. The molecule has 0 bridgehead atoms. The minimum Gasteiger partial charge on any atom is -0.543 e. The van der Waals surface area contributed by atoms with Crippen LogP contribution in [0.25, 0.3) is 22.2 Å². The summed E-state index contributed by atoms with van der Waals surface area (Å²) < 4.78 is 6.42. The van der Waals surface area contributed by atoms with E-state index >= 15 is 0 Å². The Morgan fingerprint density at radius 3 is 2.42 bits per heavy atom. The van der Waals surface area contributed by atoms with Gasteiger partial charge in [-0.2, -0.15) is 5.26 Å². The molecule has 3 rings (SSSR count). The van der Waals surface area contributed by atoms with Crippen molar-refractivity contribution in [3.63, 3.8) is 0 Å². The number of rotatable bonds is 3. The third kappa shape index (κ3) is 3.49. The van der Waals surface area contributed by atoms with E-state index in [1.54, 1.807) is 0 Å². The highest BCUT2D eigenvalue weighted by molar-refractivity contribution is 6.74. The van der Waals surface area contributed by atoms with Crippen LogP contribution in [0.4, 0.5) is 0 Å². The summed E-state index contributed by atoms with van der Waals surface area (Å²) in [6.07, 6.45) is 0. The standard InChI is InChI=1S/C22H24N2OSi/c1-22(2,3)26(4,5)25-19-11-8-10-17(14-19)21-18(15-23)13-16-9-6-7-12-20(16)24-21/h6-14H,1-5H3. The van der Waals surface area contributed by atoms with Crippen molar-refractivity contribution in [1.82, 2.24) is 4.98 Å². The second-order valence-electron chi connectivity index (χ2n) is 8.08. The second kappa shape index (κ2) is 6.58. The minimum absolute atomic E-state index is 0.127. The van der Waals surface area contributed by atoms with Crippen LogP contribution >= 0.6 is 0 Å². The van der Waals surface area contributed by atoms with Gasteiger partial charge in [0.05, 0.1) is 16.8 Å². The van der Waals surface area contributed by atoms with Crippen molar-refractivity contribution in [1.29, 1.82) is 5.26 Å². The van der Waals surface area contributed by atoms with Crippen LogP contribution in [0, 0.1) is 11.3 Å². The predicted octanol–water partition coefficient (Wildman–Crippen LogP) is 6.16. The van der Waals surface area contributed by atoms with E-state index in [-0.39, 0.29) is 5.04 Å². The molecule has 0 aliphatic carbocycles. The average Bonchev–Trinajstić information content (AvgIpc) is 2.59. The maximum Gasteiger partial charge on any atom is 0.250 e. The summed E-state index contributed by atoms with van der Waals surface area (Å²) in [5, 5.41) is 10.7. The average molecular weight is 361 g/mol. The number of nitriles is 1. The maximum atomic E-state index is 9.59. The molecule has 26 heavy (non-hydrogen) atoms. The summed E-state index contributed by atoms with van der Waals surface area (Å²) in [4.78, 5) is 4.74. The SMILES string of the molecule is CC(C)(C)[Si](C)(C)Oc1cccc(-c2nc3ccccc3cc2C#N)c1. The molecule has 0 amide bonds. The van der Waals surface area contributed by atoms with Crippen LogP contribution in [0.2, 0.25) is 18.1 Å². The van der Waals surface area contributed by atoms with Crippen LogP contribution in [0.15, 0.2) is 54.6 Å². The molecule has 0 atom stereocenters. The van der Waals surface area contributed by atoms with Gasteiger partial charge in [-0.05, 0) is 42.4 Å². The van der Waals surface area contributed by atoms with Gasteiger partial charge in [0.25, 0.3) is 0 Å². The quantitative estimate of drug-likeness (QED) is 0.526. The molecule has 3 aromatic rings. The van der Waals surface area contributed by atoms with Gasteiger partial charge in [0.1, 0.15) is 11.8 Å². The van der Waals surface area contributed by atoms with Crippen molar-refractivity contribution < 1.29 is 4.43 Å². The van der Waals surface area contributed by atoms with Crippen LogP contribution in [0.3, 0.4) is 0 Å². The van der Waals surface area contributed by atoms with E-state index in [0.717, 1.165) is 22.2 Å². The zero-order valence-corrected chi connectivity index (χ0v) is 17.0. The molecule has 4 heteroatoms. The predicted molar refractivity (Wildman–Crippen MR) is 110 cm³/mol. The van der Waals surface area contributed by atoms with Crippen molar-refractivity contribution >= 4 is 19.2 Å². The molecule has 3 nitrogen and oxygen atoms in total. The largest absolute Gasteiger partial charge is 0.543 e. The molecule has 1 heterocycles. The second-order valence-corrected chi connectivity index (χ2v) is 12.8. The fourth-order valence-electron chi connectivity index (χ4n) is 2.58. The molecule has 0 saturated heterocycles. The number of hydrogen-bond donors (Lipinski definition) is 0. The molecular weight excluding hydrogens is 336 g/mol. The number of nitrogens with zero attached hydrogens (tertiary/aromatic N) is 2. The highest BCUT2D eigenvalue weighted by Gasteiger charge is 2.39. The lowest BCUT2D eigenvalue weighted by Crippen LogP contribution is -2.43. The third-order valence-corrected chi connectivity index (χ3v) is 9.49. The molecule has 0 radical (unpaired) electrons. The zero-order chi connectivity index (χ0) is 18.9. The molecular formula is C22H24N2OSi. The van der Waals surface area contributed by atoms with Gasteiger partial charge in [0.2, 0.25) is 8.32 Å². The zero-order valence-electron chi connectivity index (χ0n) is 16.0. The molecule has 0 saturated carbocycles. The lowest BCUT2D eigenvalue weighted by molar-refractivity contribution is 0.492. The Morgan fingerprint density at radius 2 is 1.73 bits per heavy atom. The summed E-state index contributed by atoms with van der Waals surface area (Å²) in [7, 11) is -1.92.